The molecule has 0 aromatic heterocycles. The molecule has 3 nitrogen and oxygen atoms in total. The van der Waals surface area contributed by atoms with Crippen molar-refractivity contribution in [3.8, 4) is 0 Å². The van der Waals surface area contributed by atoms with Crippen molar-refractivity contribution >= 4 is 6.26 Å². The molecule has 0 heterocycles. The van der Waals surface area contributed by atoms with Crippen molar-refractivity contribution in [2.45, 2.75) is 6.04 Å². The summed E-state index contributed by atoms with van der Waals surface area (Å²) in [7, 11) is 0. The fourth-order valence-corrected chi connectivity index (χ4v) is 0.0373. The van der Waals surface area contributed by atoms with E-state index in [2.05, 4.69) is 0 Å². The molecule has 1 atom stereocenters. The second kappa shape index (κ2) is 2.81. The molecule has 0 bridgehead atoms. The first-order valence-electron chi connectivity index (χ1n) is 2.05. The van der Waals surface area contributed by atoms with Gasteiger partial charge in [-0.3, -0.25) is 0 Å². The third-order valence-electron chi connectivity index (χ3n) is 0.348. The van der Waals surface area contributed by atoms with Crippen LogP contribution >= 0.6 is 0 Å². The molecule has 0 aliphatic carbocycles. The third-order valence-corrected chi connectivity index (χ3v) is 0.348. The molecule has 3 heteroatoms. The zero-order valence-corrected chi connectivity index (χ0v) is 3.22. The van der Waals surface area contributed by atoms with Crippen LogP contribution in [0.2, 0.25) is 0 Å². The number of hydrogen-bond donors (Lipinski definition) is 2. The number of nitrogens with two attached hydrogens (primary N) is 1. The van der Waals surface area contributed by atoms with Gasteiger partial charge in [-0.2, -0.15) is 0 Å². The molecule has 0 aliphatic heterocycles. The SMILES string of the molecule is [3H]C(=O)[C@@H](N)CO. The summed E-state index contributed by atoms with van der Waals surface area (Å²) in [5, 5.41) is 8.04. The molecule has 0 aliphatic rings. The molecule has 0 spiro atoms. The Kier molecular flexibility index (Phi) is 1.76. The first-order chi connectivity index (χ1) is 3.18. The Balaban J connectivity index is 3.34. The lowest BCUT2D eigenvalue weighted by Crippen LogP contribution is -2.25. The summed E-state index contributed by atoms with van der Waals surface area (Å²) in [5.74, 6) is 0. The van der Waals surface area contributed by atoms with Crippen LogP contribution in [0.15, 0.2) is 0 Å². The van der Waals surface area contributed by atoms with Crippen LogP contribution in [0.1, 0.15) is 1.37 Å². The van der Waals surface area contributed by atoms with E-state index in [-0.39, 0.29) is 0 Å². The molecule has 6 heavy (non-hydrogen) atoms. The quantitative estimate of drug-likeness (QED) is 0.407. The standard InChI is InChI=1S/C3H7NO2/c4-3(1-5)2-6/h1,3,6H,2,4H2/t3-/m1/s1/i1T. The second-order valence-electron chi connectivity index (χ2n) is 0.907. The fraction of sp³-hybridized carbons (Fsp3) is 0.667. The topological polar surface area (TPSA) is 63.3 Å². The highest BCUT2D eigenvalue weighted by Crippen LogP contribution is 1.60. The van der Waals surface area contributed by atoms with Crippen LogP contribution in [0.3, 0.4) is 0 Å². The predicted octanol–water partition coefficient (Wildman–Crippen LogP) is -1.50. The zero-order chi connectivity index (χ0) is 5.86. The van der Waals surface area contributed by atoms with E-state index in [9.17, 15) is 4.79 Å². The van der Waals surface area contributed by atoms with Gasteiger partial charge in [-0.1, -0.05) is 0 Å². The molecule has 0 amide bonds. The Morgan fingerprint density at radius 2 is 2.83 bits per heavy atom. The van der Waals surface area contributed by atoms with E-state index in [1.807, 2.05) is 0 Å². The van der Waals surface area contributed by atoms with Crippen LogP contribution in [-0.4, -0.2) is 24.0 Å². The van der Waals surface area contributed by atoms with E-state index >= 15 is 0 Å². The fourth-order valence-electron chi connectivity index (χ4n) is 0.0373. The minimum Gasteiger partial charge on any atom is -0.394 e. The summed E-state index contributed by atoms with van der Waals surface area (Å²) in [5.41, 5.74) is 4.83. The van der Waals surface area contributed by atoms with Crippen molar-refractivity contribution in [3.05, 3.63) is 0 Å². The summed E-state index contributed by atoms with van der Waals surface area (Å²) in [6.45, 7) is -0.442. The Morgan fingerprint density at radius 3 is 2.83 bits per heavy atom. The lowest BCUT2D eigenvalue weighted by molar-refractivity contribution is -0.109. The van der Waals surface area contributed by atoms with Gasteiger partial charge in [-0.15, -0.1) is 0 Å². The average molecular weight is 91.1 g/mol. The van der Waals surface area contributed by atoms with E-state index < -0.39 is 18.9 Å². The number of aliphatic hydroxyl groups is 1. The van der Waals surface area contributed by atoms with Crippen molar-refractivity contribution < 1.29 is 11.3 Å². The molecule has 0 radical (unpaired) electrons. The normalized spacial score (nSPS) is 16.0. The number of carbonyl (C=O) groups is 1. The summed E-state index contributed by atoms with van der Waals surface area (Å²) in [6.07, 6.45) is -0.928. The maximum absolute atomic E-state index is 9.76. The molecule has 0 rings (SSSR count). The van der Waals surface area contributed by atoms with Crippen LogP contribution in [-0.2, 0) is 4.79 Å². The molecule has 0 unspecified atom stereocenters. The smallest absolute Gasteiger partial charge is 0.139 e. The van der Waals surface area contributed by atoms with E-state index in [4.69, 9.17) is 12.2 Å². The molecule has 0 aromatic carbocycles. The second-order valence-corrected chi connectivity index (χ2v) is 0.907. The van der Waals surface area contributed by atoms with Crippen LogP contribution in [0.25, 0.3) is 0 Å². The average Bonchev–Trinajstić information content (AvgIpc) is 1.65. The maximum atomic E-state index is 9.76. The van der Waals surface area contributed by atoms with Crippen molar-refractivity contribution in [1.82, 2.24) is 0 Å². The largest absolute Gasteiger partial charge is 0.394 e. The van der Waals surface area contributed by atoms with E-state index in [0.29, 0.717) is 0 Å². The highest BCUT2D eigenvalue weighted by molar-refractivity contribution is 5.56. The van der Waals surface area contributed by atoms with Crippen molar-refractivity contribution in [3.63, 3.8) is 0 Å². The molecule has 3 N–H and O–H groups in total. The van der Waals surface area contributed by atoms with Gasteiger partial charge in [-0.25, -0.2) is 0 Å². The monoisotopic (exact) mass is 91.1 g/mol. The van der Waals surface area contributed by atoms with Gasteiger partial charge in [0.1, 0.15) is 7.63 Å². The highest BCUT2D eigenvalue weighted by Gasteiger charge is 1.90. The Labute approximate surface area is 37.2 Å². The van der Waals surface area contributed by atoms with Gasteiger partial charge in [0.15, 0.2) is 0 Å². The maximum Gasteiger partial charge on any atom is 0.139 e. The van der Waals surface area contributed by atoms with Gasteiger partial charge in [0.2, 0.25) is 0 Å². The van der Waals surface area contributed by atoms with Gasteiger partial charge in [0, 0.05) is 0 Å². The molecule has 0 saturated heterocycles. The Hall–Kier alpha value is -0.410. The Bertz CT molecular complexity index is 75.3. The van der Waals surface area contributed by atoms with Crippen molar-refractivity contribution in [2.24, 2.45) is 5.73 Å². The number of hydrogen-bond acceptors (Lipinski definition) is 3. The number of rotatable bonds is 2. The van der Waals surface area contributed by atoms with Crippen LogP contribution in [0.5, 0.6) is 0 Å². The van der Waals surface area contributed by atoms with E-state index in [0.717, 1.165) is 0 Å². The lowest BCUT2D eigenvalue weighted by Gasteiger charge is -1.90. The summed E-state index contributed by atoms with van der Waals surface area (Å²) in [6, 6.07) is -1.01. The lowest BCUT2D eigenvalue weighted by atomic mass is 10.4. The molecule has 0 saturated carbocycles. The number of aldehydes is 1. The van der Waals surface area contributed by atoms with Crippen LogP contribution in [0, 0.1) is 0 Å². The van der Waals surface area contributed by atoms with Gasteiger partial charge in [0.05, 0.1) is 12.6 Å². The molecule has 0 fully saturated rings. The predicted molar refractivity (Wildman–Crippen MR) is 21.1 cm³/mol. The summed E-state index contributed by atoms with van der Waals surface area (Å²) in [4.78, 5) is 9.76. The van der Waals surface area contributed by atoms with Gasteiger partial charge >= 0.3 is 0 Å². The number of aliphatic hydroxyl groups excluding tert-OH is 1. The van der Waals surface area contributed by atoms with Gasteiger partial charge in [0.25, 0.3) is 0 Å². The van der Waals surface area contributed by atoms with E-state index in [1.54, 1.807) is 0 Å². The first-order valence-corrected chi connectivity index (χ1v) is 1.55. The highest BCUT2D eigenvalue weighted by atomic mass is 16.3. The summed E-state index contributed by atoms with van der Waals surface area (Å²) >= 11 is 0. The van der Waals surface area contributed by atoms with E-state index in [1.165, 1.54) is 0 Å². The van der Waals surface area contributed by atoms with Gasteiger partial charge < -0.3 is 15.6 Å². The molecular formula is C3H7NO2. The molecule has 0 aromatic rings. The van der Waals surface area contributed by atoms with Crippen LogP contribution in [0.4, 0.5) is 0 Å². The number of carbonyl (C=O) groups excluding carboxylic acids is 1. The van der Waals surface area contributed by atoms with Crippen molar-refractivity contribution in [1.29, 1.82) is 0 Å². The zero-order valence-electron chi connectivity index (χ0n) is 4.22. The Morgan fingerprint density at radius 1 is 2.33 bits per heavy atom. The molecule has 36 valence electrons. The minimum absolute atomic E-state index is 0.442. The van der Waals surface area contributed by atoms with Gasteiger partial charge in [-0.05, 0) is 0 Å². The minimum atomic E-state index is -1.01. The van der Waals surface area contributed by atoms with Crippen molar-refractivity contribution in [2.75, 3.05) is 6.61 Å². The first kappa shape index (κ1) is 3.77. The van der Waals surface area contributed by atoms with Crippen LogP contribution < -0.4 is 5.73 Å². The molecular weight excluding hydrogens is 82.0 g/mol. The summed E-state index contributed by atoms with van der Waals surface area (Å²) < 4.78 is 6.26. The third kappa shape index (κ3) is 1.87.